The number of likely N-dealkylation sites (N-methyl/N-ethyl adjacent to an activating group) is 1. The van der Waals surface area contributed by atoms with Gasteiger partial charge in [-0.1, -0.05) is 42.5 Å². The summed E-state index contributed by atoms with van der Waals surface area (Å²) < 4.78 is 13.8. The lowest BCUT2D eigenvalue weighted by Gasteiger charge is -2.24. The van der Waals surface area contributed by atoms with E-state index in [0.717, 1.165) is 6.54 Å². The molecule has 0 aromatic heterocycles. The lowest BCUT2D eigenvalue weighted by atomic mass is 9.83. The fourth-order valence-electron chi connectivity index (χ4n) is 2.82. The molecule has 0 amide bonds. The molecule has 1 saturated carbocycles. The van der Waals surface area contributed by atoms with Crippen LogP contribution in [0.5, 0.6) is 0 Å². The van der Waals surface area contributed by atoms with E-state index in [4.69, 9.17) is 11.6 Å². The number of hydrogen-bond acceptors (Lipinski definition) is 1. The molecule has 1 aliphatic carbocycles. The summed E-state index contributed by atoms with van der Waals surface area (Å²) >= 11 is 5.95. The van der Waals surface area contributed by atoms with E-state index in [1.807, 2.05) is 13.1 Å². The van der Waals surface area contributed by atoms with E-state index >= 15 is 0 Å². The molecule has 104 valence electrons. The fraction of sp³-hybridized carbons (Fsp3) is 0.500. The lowest BCUT2D eigenvalue weighted by molar-refractivity contribution is 0.398. The average Bonchev–Trinajstić information content (AvgIpc) is 2.43. The summed E-state index contributed by atoms with van der Waals surface area (Å²) in [4.78, 5) is 0. The summed E-state index contributed by atoms with van der Waals surface area (Å²) in [6.07, 6.45) is 8.31. The molecule has 0 radical (unpaired) electrons. The first-order chi connectivity index (χ1) is 9.20. The summed E-state index contributed by atoms with van der Waals surface area (Å²) in [5.41, 5.74) is 1.90. The maximum absolute atomic E-state index is 13.8. The van der Waals surface area contributed by atoms with E-state index in [-0.39, 0.29) is 5.82 Å². The predicted molar refractivity (Wildman–Crippen MR) is 79.9 cm³/mol. The molecule has 0 spiro atoms. The van der Waals surface area contributed by atoms with Gasteiger partial charge in [-0.2, -0.15) is 0 Å². The quantitative estimate of drug-likeness (QED) is 0.846. The van der Waals surface area contributed by atoms with Gasteiger partial charge < -0.3 is 5.32 Å². The van der Waals surface area contributed by atoms with Crippen LogP contribution in [0.2, 0.25) is 5.02 Å². The van der Waals surface area contributed by atoms with Crippen LogP contribution in [0.15, 0.2) is 23.8 Å². The zero-order chi connectivity index (χ0) is 13.7. The molecule has 0 atom stereocenters. The van der Waals surface area contributed by atoms with Crippen LogP contribution < -0.4 is 5.32 Å². The van der Waals surface area contributed by atoms with Crippen molar-refractivity contribution in [2.24, 2.45) is 5.92 Å². The third kappa shape index (κ3) is 4.05. The predicted octanol–water partition coefficient (Wildman–Crippen LogP) is 4.66. The Morgan fingerprint density at radius 1 is 1.37 bits per heavy atom. The van der Waals surface area contributed by atoms with Crippen LogP contribution in [0.25, 0.3) is 6.08 Å². The minimum absolute atomic E-state index is 0.200. The minimum atomic E-state index is -0.200. The highest BCUT2D eigenvalue weighted by Gasteiger charge is 2.17. The number of halogens is 2. The topological polar surface area (TPSA) is 12.0 Å². The van der Waals surface area contributed by atoms with Crippen molar-refractivity contribution in [2.75, 3.05) is 13.6 Å². The standard InChI is InChI=1S/C16H21ClFN/c1-19-11-14(12-5-3-2-4-6-12)9-13-10-15(17)7-8-16(13)18/h7-10,12,19H,2-6,11H2,1H3/b14-9-. The normalized spacial score (nSPS) is 17.7. The van der Waals surface area contributed by atoms with E-state index in [0.29, 0.717) is 16.5 Å². The van der Waals surface area contributed by atoms with Gasteiger partial charge in [0.05, 0.1) is 0 Å². The van der Waals surface area contributed by atoms with E-state index in [1.165, 1.54) is 43.7 Å². The minimum Gasteiger partial charge on any atom is -0.316 e. The Morgan fingerprint density at radius 3 is 2.79 bits per heavy atom. The molecule has 0 bridgehead atoms. The summed E-state index contributed by atoms with van der Waals surface area (Å²) in [6, 6.07) is 4.73. The third-order valence-corrected chi connectivity index (χ3v) is 4.04. The molecule has 3 heteroatoms. The second kappa shape index (κ2) is 7.06. The van der Waals surface area contributed by atoms with Crippen LogP contribution in [-0.2, 0) is 0 Å². The van der Waals surface area contributed by atoms with Crippen molar-refractivity contribution in [2.45, 2.75) is 32.1 Å². The summed E-state index contributed by atoms with van der Waals surface area (Å²) in [7, 11) is 1.94. The molecule has 0 unspecified atom stereocenters. The van der Waals surface area contributed by atoms with Gasteiger partial charge in [-0.25, -0.2) is 4.39 Å². The molecular weight excluding hydrogens is 261 g/mol. The molecule has 1 aromatic carbocycles. The molecule has 1 aliphatic rings. The Kier molecular flexibility index (Phi) is 5.41. The van der Waals surface area contributed by atoms with E-state index in [9.17, 15) is 4.39 Å². The largest absolute Gasteiger partial charge is 0.316 e. The molecule has 1 fully saturated rings. The van der Waals surface area contributed by atoms with Crippen LogP contribution in [0, 0.1) is 11.7 Å². The second-order valence-electron chi connectivity index (χ2n) is 5.25. The van der Waals surface area contributed by atoms with Gasteiger partial charge in [-0.15, -0.1) is 0 Å². The smallest absolute Gasteiger partial charge is 0.130 e. The van der Waals surface area contributed by atoms with E-state index < -0.39 is 0 Å². The zero-order valence-electron chi connectivity index (χ0n) is 11.4. The molecule has 1 N–H and O–H groups in total. The Bertz CT molecular complexity index is 450. The fourth-order valence-corrected chi connectivity index (χ4v) is 3.00. The van der Waals surface area contributed by atoms with Crippen LogP contribution in [0.3, 0.4) is 0 Å². The Labute approximate surface area is 119 Å². The van der Waals surface area contributed by atoms with Gasteiger partial charge in [0.1, 0.15) is 5.82 Å². The van der Waals surface area contributed by atoms with Crippen LogP contribution in [0.1, 0.15) is 37.7 Å². The highest BCUT2D eigenvalue weighted by Crippen LogP contribution is 2.31. The lowest BCUT2D eigenvalue weighted by Crippen LogP contribution is -2.19. The highest BCUT2D eigenvalue weighted by atomic mass is 35.5. The maximum atomic E-state index is 13.8. The maximum Gasteiger partial charge on any atom is 0.130 e. The summed E-state index contributed by atoms with van der Waals surface area (Å²) in [6.45, 7) is 0.816. The van der Waals surface area contributed by atoms with E-state index in [1.54, 1.807) is 12.1 Å². The number of nitrogens with one attached hydrogen (secondary N) is 1. The summed E-state index contributed by atoms with van der Waals surface area (Å²) in [5, 5.41) is 3.78. The van der Waals surface area contributed by atoms with Crippen LogP contribution in [0.4, 0.5) is 4.39 Å². The van der Waals surface area contributed by atoms with Gasteiger partial charge in [0, 0.05) is 17.1 Å². The molecule has 0 heterocycles. The highest BCUT2D eigenvalue weighted by molar-refractivity contribution is 6.30. The van der Waals surface area contributed by atoms with Gasteiger partial charge in [0.15, 0.2) is 0 Å². The first-order valence-corrected chi connectivity index (χ1v) is 7.38. The van der Waals surface area contributed by atoms with Crippen molar-refractivity contribution in [3.63, 3.8) is 0 Å². The molecule has 2 rings (SSSR count). The molecule has 19 heavy (non-hydrogen) atoms. The monoisotopic (exact) mass is 281 g/mol. The van der Waals surface area contributed by atoms with Crippen molar-refractivity contribution >= 4 is 17.7 Å². The molecule has 1 nitrogen and oxygen atoms in total. The van der Waals surface area contributed by atoms with Gasteiger partial charge in [-0.3, -0.25) is 0 Å². The molecule has 0 saturated heterocycles. The van der Waals surface area contributed by atoms with Gasteiger partial charge in [0.2, 0.25) is 0 Å². The molecule has 0 aliphatic heterocycles. The van der Waals surface area contributed by atoms with Crippen molar-refractivity contribution in [1.82, 2.24) is 5.32 Å². The third-order valence-electron chi connectivity index (χ3n) is 3.81. The van der Waals surface area contributed by atoms with Crippen molar-refractivity contribution in [1.29, 1.82) is 0 Å². The van der Waals surface area contributed by atoms with Crippen molar-refractivity contribution < 1.29 is 4.39 Å². The van der Waals surface area contributed by atoms with Crippen LogP contribution >= 0.6 is 11.6 Å². The van der Waals surface area contributed by atoms with E-state index in [2.05, 4.69) is 5.32 Å². The second-order valence-corrected chi connectivity index (χ2v) is 5.69. The molecular formula is C16H21ClFN. The van der Waals surface area contributed by atoms with Crippen molar-refractivity contribution in [3.05, 3.63) is 40.2 Å². The van der Waals surface area contributed by atoms with Gasteiger partial charge in [-0.05, 0) is 44.0 Å². The first-order valence-electron chi connectivity index (χ1n) is 7.01. The Balaban J connectivity index is 2.25. The Hall–Kier alpha value is -0.860. The van der Waals surface area contributed by atoms with Crippen molar-refractivity contribution in [3.8, 4) is 0 Å². The zero-order valence-corrected chi connectivity index (χ0v) is 12.1. The van der Waals surface area contributed by atoms with Crippen LogP contribution in [-0.4, -0.2) is 13.6 Å². The number of rotatable bonds is 4. The summed E-state index contributed by atoms with van der Waals surface area (Å²) in [5.74, 6) is 0.383. The Morgan fingerprint density at radius 2 is 2.11 bits per heavy atom. The van der Waals surface area contributed by atoms with Gasteiger partial charge >= 0.3 is 0 Å². The number of benzene rings is 1. The average molecular weight is 282 g/mol. The number of hydrogen-bond donors (Lipinski definition) is 1. The molecule has 1 aromatic rings. The first kappa shape index (κ1) is 14.5. The SMILES string of the molecule is CNC/C(=C/c1cc(Cl)ccc1F)C1CCCCC1. The van der Waals surface area contributed by atoms with Gasteiger partial charge in [0.25, 0.3) is 0 Å².